The van der Waals surface area contributed by atoms with Gasteiger partial charge in [-0.15, -0.1) is 0 Å². The van der Waals surface area contributed by atoms with Crippen molar-refractivity contribution in [3.05, 3.63) is 33.1 Å². The molecule has 1 fully saturated rings. The number of carbonyl (C=O) groups excluding carboxylic acids is 1. The average Bonchev–Trinajstić information content (AvgIpc) is 2.13. The summed E-state index contributed by atoms with van der Waals surface area (Å²) in [5, 5.41) is 0. The van der Waals surface area contributed by atoms with Crippen LogP contribution in [-0.4, -0.2) is 48.9 Å². The molecule has 0 N–H and O–H groups in total. The van der Waals surface area contributed by atoms with Gasteiger partial charge in [0.2, 0.25) is 0 Å². The summed E-state index contributed by atoms with van der Waals surface area (Å²) < 4.78 is 14.3. The Morgan fingerprint density at radius 1 is 1.47 bits per heavy atom. The van der Waals surface area contributed by atoms with E-state index in [0.717, 1.165) is 0 Å². The molecule has 1 aromatic rings. The number of amides is 1. The fourth-order valence-electron chi connectivity index (χ4n) is 1.81. The van der Waals surface area contributed by atoms with Crippen LogP contribution in [0.5, 0.6) is 0 Å². The van der Waals surface area contributed by atoms with Gasteiger partial charge in [-0.05, 0) is 48.8 Å². The number of hydrogen-bond acceptors (Lipinski definition) is 2. The molecular formula is C12H14FIN2O. The van der Waals surface area contributed by atoms with Gasteiger partial charge < -0.3 is 9.80 Å². The molecule has 1 aromatic carbocycles. The minimum absolute atomic E-state index is 0.199. The van der Waals surface area contributed by atoms with Crippen molar-refractivity contribution in [2.24, 2.45) is 0 Å². The fourth-order valence-corrected chi connectivity index (χ4v) is 2.50. The Morgan fingerprint density at radius 2 is 2.12 bits per heavy atom. The molecule has 1 saturated heterocycles. The monoisotopic (exact) mass is 348 g/mol. The normalized spacial score (nSPS) is 16.2. The van der Waals surface area contributed by atoms with Gasteiger partial charge in [0.15, 0.2) is 0 Å². The van der Waals surface area contributed by atoms with Gasteiger partial charge in [-0.25, -0.2) is 4.39 Å². The lowest BCUT2D eigenvalue weighted by Crippen LogP contribution is -2.59. The second-order valence-corrected chi connectivity index (χ2v) is 5.59. The maximum Gasteiger partial charge on any atom is 0.258 e. The highest BCUT2D eigenvalue weighted by molar-refractivity contribution is 14.1. The van der Waals surface area contributed by atoms with Crippen LogP contribution in [0.2, 0.25) is 0 Å². The van der Waals surface area contributed by atoms with Gasteiger partial charge in [0.25, 0.3) is 5.91 Å². The number of likely N-dealkylation sites (N-methyl/N-ethyl adjacent to an activating group) is 1. The lowest BCUT2D eigenvalue weighted by molar-refractivity contribution is 0.0394. The van der Waals surface area contributed by atoms with E-state index in [1.165, 1.54) is 6.07 Å². The molecule has 0 spiro atoms. The Bertz CT molecular complexity index is 424. The number of nitrogens with zero attached hydrogens (tertiary/aromatic N) is 2. The van der Waals surface area contributed by atoms with Crippen LogP contribution in [0.1, 0.15) is 10.4 Å². The van der Waals surface area contributed by atoms with Crippen molar-refractivity contribution in [3.8, 4) is 0 Å². The number of benzene rings is 1. The number of carbonyl (C=O) groups is 1. The molecule has 3 nitrogen and oxygen atoms in total. The van der Waals surface area contributed by atoms with Crippen molar-refractivity contribution in [3.63, 3.8) is 0 Å². The van der Waals surface area contributed by atoms with Crippen LogP contribution in [0.15, 0.2) is 18.2 Å². The first kappa shape index (κ1) is 12.8. The van der Waals surface area contributed by atoms with Crippen LogP contribution >= 0.6 is 22.6 Å². The first-order valence-electron chi connectivity index (χ1n) is 5.40. The lowest BCUT2D eigenvalue weighted by Gasteiger charge is -2.42. The van der Waals surface area contributed by atoms with Gasteiger partial charge in [0.1, 0.15) is 5.82 Å². The largest absolute Gasteiger partial charge is 0.335 e. The SMILES string of the molecule is CN(C)C1CN(C(=O)c2c(F)cccc2I)C1. The molecule has 92 valence electrons. The molecule has 0 aliphatic carbocycles. The Kier molecular flexibility index (Phi) is 3.67. The van der Waals surface area contributed by atoms with E-state index >= 15 is 0 Å². The predicted molar refractivity (Wildman–Crippen MR) is 72.5 cm³/mol. The molecule has 1 heterocycles. The summed E-state index contributed by atoms with van der Waals surface area (Å²) in [4.78, 5) is 15.9. The van der Waals surface area contributed by atoms with E-state index in [1.54, 1.807) is 17.0 Å². The molecule has 0 unspecified atom stereocenters. The molecule has 0 bridgehead atoms. The van der Waals surface area contributed by atoms with Gasteiger partial charge in [-0.3, -0.25) is 4.79 Å². The van der Waals surface area contributed by atoms with Crippen LogP contribution in [0, 0.1) is 9.39 Å². The third kappa shape index (κ3) is 2.44. The molecule has 0 aromatic heterocycles. The standard InChI is InChI=1S/C12H14FIN2O/c1-15(2)8-6-16(7-8)12(17)11-9(13)4-3-5-10(11)14/h3-5,8H,6-7H2,1-2H3. The first-order chi connectivity index (χ1) is 8.00. The molecule has 0 radical (unpaired) electrons. The van der Waals surface area contributed by atoms with E-state index in [-0.39, 0.29) is 11.5 Å². The molecule has 1 aliphatic rings. The summed E-state index contributed by atoms with van der Waals surface area (Å²) in [6.07, 6.45) is 0. The molecule has 1 amide bonds. The Hall–Kier alpha value is -0.690. The van der Waals surface area contributed by atoms with Crippen LogP contribution in [-0.2, 0) is 0 Å². The van der Waals surface area contributed by atoms with Crippen molar-refractivity contribution >= 4 is 28.5 Å². The van der Waals surface area contributed by atoms with Crippen LogP contribution in [0.3, 0.4) is 0 Å². The van der Waals surface area contributed by atoms with Gasteiger partial charge >= 0.3 is 0 Å². The maximum atomic E-state index is 13.6. The zero-order chi connectivity index (χ0) is 12.6. The molecular weight excluding hydrogens is 334 g/mol. The van der Waals surface area contributed by atoms with Crippen molar-refractivity contribution in [2.75, 3.05) is 27.2 Å². The van der Waals surface area contributed by atoms with Gasteiger partial charge in [0, 0.05) is 22.7 Å². The molecule has 17 heavy (non-hydrogen) atoms. The van der Waals surface area contributed by atoms with Gasteiger partial charge in [-0.2, -0.15) is 0 Å². The van der Waals surface area contributed by atoms with Crippen molar-refractivity contribution < 1.29 is 9.18 Å². The zero-order valence-electron chi connectivity index (χ0n) is 9.78. The summed E-state index contributed by atoms with van der Waals surface area (Å²) >= 11 is 2.00. The van der Waals surface area contributed by atoms with E-state index in [9.17, 15) is 9.18 Å². The molecule has 2 rings (SSSR count). The number of rotatable bonds is 2. The molecule has 0 atom stereocenters. The Labute approximate surface area is 114 Å². The fraction of sp³-hybridized carbons (Fsp3) is 0.417. The smallest absolute Gasteiger partial charge is 0.258 e. The summed E-state index contributed by atoms with van der Waals surface area (Å²) in [5.74, 6) is -0.638. The predicted octanol–water partition coefficient (Wildman–Crippen LogP) is 1.82. The third-order valence-electron chi connectivity index (χ3n) is 3.06. The van der Waals surface area contributed by atoms with Gasteiger partial charge in [-0.1, -0.05) is 6.07 Å². The number of likely N-dealkylation sites (tertiary alicyclic amines) is 1. The van der Waals surface area contributed by atoms with Crippen molar-refractivity contribution in [1.29, 1.82) is 0 Å². The third-order valence-corrected chi connectivity index (χ3v) is 3.96. The zero-order valence-corrected chi connectivity index (χ0v) is 11.9. The topological polar surface area (TPSA) is 23.6 Å². The number of halogens is 2. The summed E-state index contributed by atoms with van der Waals surface area (Å²) in [6, 6.07) is 5.09. The van der Waals surface area contributed by atoms with Crippen molar-refractivity contribution in [2.45, 2.75) is 6.04 Å². The Balaban J connectivity index is 2.12. The van der Waals surface area contributed by atoms with E-state index in [2.05, 4.69) is 4.90 Å². The number of hydrogen-bond donors (Lipinski definition) is 0. The van der Waals surface area contributed by atoms with Crippen LogP contribution in [0.25, 0.3) is 0 Å². The van der Waals surface area contributed by atoms with E-state index in [1.807, 2.05) is 36.7 Å². The Morgan fingerprint density at radius 3 is 2.65 bits per heavy atom. The highest BCUT2D eigenvalue weighted by Gasteiger charge is 2.34. The minimum Gasteiger partial charge on any atom is -0.335 e. The lowest BCUT2D eigenvalue weighted by atomic mass is 10.1. The summed E-state index contributed by atoms with van der Waals surface area (Å²) in [5.41, 5.74) is 0.199. The highest BCUT2D eigenvalue weighted by Crippen LogP contribution is 2.22. The molecule has 5 heteroatoms. The summed E-state index contributed by atoms with van der Waals surface area (Å²) in [7, 11) is 3.97. The van der Waals surface area contributed by atoms with E-state index in [4.69, 9.17) is 0 Å². The van der Waals surface area contributed by atoms with Crippen LogP contribution < -0.4 is 0 Å². The highest BCUT2D eigenvalue weighted by atomic mass is 127. The van der Waals surface area contributed by atoms with Crippen molar-refractivity contribution in [1.82, 2.24) is 9.80 Å². The first-order valence-corrected chi connectivity index (χ1v) is 6.48. The molecule has 1 aliphatic heterocycles. The second kappa shape index (κ2) is 4.89. The van der Waals surface area contributed by atoms with Gasteiger partial charge in [0.05, 0.1) is 5.56 Å². The van der Waals surface area contributed by atoms with E-state index < -0.39 is 5.82 Å². The quantitative estimate of drug-likeness (QED) is 0.762. The molecule has 0 saturated carbocycles. The maximum absolute atomic E-state index is 13.6. The van der Waals surface area contributed by atoms with E-state index in [0.29, 0.717) is 22.7 Å². The summed E-state index contributed by atoms with van der Waals surface area (Å²) in [6.45, 7) is 1.35. The minimum atomic E-state index is -0.435. The second-order valence-electron chi connectivity index (χ2n) is 4.42. The average molecular weight is 348 g/mol. The van der Waals surface area contributed by atoms with Crippen LogP contribution in [0.4, 0.5) is 4.39 Å².